The third kappa shape index (κ3) is 4.14. The fourth-order valence-corrected chi connectivity index (χ4v) is 2.43. The Hall–Kier alpha value is -2.21. The molecule has 6 heteroatoms. The van der Waals surface area contributed by atoms with Crippen molar-refractivity contribution in [3.63, 3.8) is 0 Å². The molecule has 0 radical (unpaired) electrons. The van der Waals surface area contributed by atoms with Gasteiger partial charge in [0, 0.05) is 31.1 Å². The lowest BCUT2D eigenvalue weighted by atomic mass is 10.2. The average molecular weight is 299 g/mol. The Bertz CT molecular complexity index is 599. The van der Waals surface area contributed by atoms with Crippen LogP contribution in [0.5, 0.6) is 0 Å². The number of hydrogen-bond acceptors (Lipinski definition) is 6. The Labute approximate surface area is 130 Å². The Morgan fingerprint density at radius 3 is 3.00 bits per heavy atom. The summed E-state index contributed by atoms with van der Waals surface area (Å²) in [5.41, 5.74) is 1.90. The predicted molar refractivity (Wildman–Crippen MR) is 85.8 cm³/mol. The smallest absolute Gasteiger partial charge is 0.224 e. The van der Waals surface area contributed by atoms with Crippen LogP contribution in [0.4, 0.5) is 11.8 Å². The Morgan fingerprint density at radius 2 is 2.23 bits per heavy atom. The van der Waals surface area contributed by atoms with E-state index in [-0.39, 0.29) is 6.10 Å². The van der Waals surface area contributed by atoms with Gasteiger partial charge in [-0.25, -0.2) is 4.98 Å². The molecule has 0 spiro atoms. The first-order valence-corrected chi connectivity index (χ1v) is 7.64. The minimum atomic E-state index is 0.272. The van der Waals surface area contributed by atoms with Gasteiger partial charge in [-0.1, -0.05) is 6.07 Å². The van der Waals surface area contributed by atoms with Gasteiger partial charge in [-0.05, 0) is 31.9 Å². The van der Waals surface area contributed by atoms with E-state index in [0.717, 1.165) is 43.2 Å². The Kier molecular flexibility index (Phi) is 4.80. The SMILES string of the molecule is Cc1cc(NCc2ccccn2)nc(NCC2CCCO2)n1. The van der Waals surface area contributed by atoms with Crippen molar-refractivity contribution in [3.05, 3.63) is 41.9 Å². The number of rotatable bonds is 6. The van der Waals surface area contributed by atoms with Gasteiger partial charge in [-0.3, -0.25) is 4.98 Å². The quantitative estimate of drug-likeness (QED) is 0.853. The average Bonchev–Trinajstić information content (AvgIpc) is 3.05. The molecule has 0 saturated carbocycles. The van der Waals surface area contributed by atoms with Gasteiger partial charge in [0.25, 0.3) is 0 Å². The zero-order valence-corrected chi connectivity index (χ0v) is 12.7. The highest BCUT2D eigenvalue weighted by Crippen LogP contribution is 2.14. The van der Waals surface area contributed by atoms with Gasteiger partial charge in [-0.15, -0.1) is 0 Å². The number of nitrogens with one attached hydrogen (secondary N) is 2. The van der Waals surface area contributed by atoms with Gasteiger partial charge in [0.05, 0.1) is 18.3 Å². The summed E-state index contributed by atoms with van der Waals surface area (Å²) in [6, 6.07) is 7.80. The highest BCUT2D eigenvalue weighted by atomic mass is 16.5. The molecule has 116 valence electrons. The number of aromatic nitrogens is 3. The lowest BCUT2D eigenvalue weighted by Crippen LogP contribution is -2.20. The van der Waals surface area contributed by atoms with Gasteiger partial charge in [-0.2, -0.15) is 4.98 Å². The summed E-state index contributed by atoms with van der Waals surface area (Å²) >= 11 is 0. The molecule has 2 aromatic rings. The number of ether oxygens (including phenoxy) is 1. The molecular weight excluding hydrogens is 278 g/mol. The van der Waals surface area contributed by atoms with Crippen LogP contribution in [0.15, 0.2) is 30.5 Å². The molecule has 1 aliphatic heterocycles. The molecule has 1 saturated heterocycles. The van der Waals surface area contributed by atoms with E-state index in [1.54, 1.807) is 6.20 Å². The van der Waals surface area contributed by atoms with Crippen molar-refractivity contribution < 1.29 is 4.74 Å². The lowest BCUT2D eigenvalue weighted by molar-refractivity contribution is 0.120. The lowest BCUT2D eigenvalue weighted by Gasteiger charge is -2.12. The van der Waals surface area contributed by atoms with Crippen LogP contribution in [0, 0.1) is 6.92 Å². The van der Waals surface area contributed by atoms with E-state index in [1.807, 2.05) is 31.2 Å². The molecule has 1 fully saturated rings. The Balaban J connectivity index is 1.59. The van der Waals surface area contributed by atoms with Crippen molar-refractivity contribution in [2.45, 2.75) is 32.4 Å². The van der Waals surface area contributed by atoms with Gasteiger partial charge in [0.2, 0.25) is 5.95 Å². The van der Waals surface area contributed by atoms with Gasteiger partial charge in [0.1, 0.15) is 5.82 Å². The number of hydrogen-bond donors (Lipinski definition) is 2. The zero-order chi connectivity index (χ0) is 15.2. The van der Waals surface area contributed by atoms with Crippen LogP contribution in [0.1, 0.15) is 24.2 Å². The highest BCUT2D eigenvalue weighted by molar-refractivity contribution is 5.42. The molecule has 2 N–H and O–H groups in total. The number of nitrogens with zero attached hydrogens (tertiary/aromatic N) is 3. The van der Waals surface area contributed by atoms with E-state index in [1.165, 1.54) is 0 Å². The first kappa shape index (κ1) is 14.7. The van der Waals surface area contributed by atoms with Crippen LogP contribution in [0.3, 0.4) is 0 Å². The van der Waals surface area contributed by atoms with Crippen molar-refractivity contribution >= 4 is 11.8 Å². The normalized spacial score (nSPS) is 17.4. The Morgan fingerprint density at radius 1 is 1.27 bits per heavy atom. The van der Waals surface area contributed by atoms with Crippen LogP contribution < -0.4 is 10.6 Å². The molecule has 3 heterocycles. The molecule has 1 unspecified atom stereocenters. The van der Waals surface area contributed by atoms with Crippen molar-refractivity contribution in [1.29, 1.82) is 0 Å². The number of aryl methyl sites for hydroxylation is 1. The summed E-state index contributed by atoms with van der Waals surface area (Å²) in [5, 5.41) is 6.55. The van der Waals surface area contributed by atoms with Crippen molar-refractivity contribution in [1.82, 2.24) is 15.0 Å². The van der Waals surface area contributed by atoms with E-state index in [4.69, 9.17) is 4.74 Å². The van der Waals surface area contributed by atoms with E-state index in [9.17, 15) is 0 Å². The molecule has 1 aliphatic rings. The number of anilines is 2. The molecule has 1 atom stereocenters. The third-order valence-corrected chi connectivity index (χ3v) is 3.54. The van der Waals surface area contributed by atoms with E-state index in [0.29, 0.717) is 12.5 Å². The third-order valence-electron chi connectivity index (χ3n) is 3.54. The van der Waals surface area contributed by atoms with Crippen LogP contribution in [0.25, 0.3) is 0 Å². The number of pyridine rings is 1. The molecule has 0 amide bonds. The summed E-state index contributed by atoms with van der Waals surface area (Å²) in [6.07, 6.45) is 4.30. The molecule has 2 aromatic heterocycles. The fraction of sp³-hybridized carbons (Fsp3) is 0.438. The summed E-state index contributed by atoms with van der Waals surface area (Å²) in [6.45, 7) is 4.22. The highest BCUT2D eigenvalue weighted by Gasteiger charge is 2.15. The largest absolute Gasteiger partial charge is 0.376 e. The minimum absolute atomic E-state index is 0.272. The van der Waals surface area contributed by atoms with E-state index in [2.05, 4.69) is 25.6 Å². The van der Waals surface area contributed by atoms with Crippen molar-refractivity contribution in [3.8, 4) is 0 Å². The van der Waals surface area contributed by atoms with Crippen LogP contribution in [0.2, 0.25) is 0 Å². The second kappa shape index (κ2) is 7.17. The van der Waals surface area contributed by atoms with Gasteiger partial charge < -0.3 is 15.4 Å². The van der Waals surface area contributed by atoms with Crippen LogP contribution in [-0.4, -0.2) is 34.2 Å². The standard InChI is InChI=1S/C16H21N5O/c1-12-9-15(18-10-13-5-2-3-7-17-13)21-16(20-12)19-11-14-6-4-8-22-14/h2-3,5,7,9,14H,4,6,8,10-11H2,1H3,(H2,18,19,20,21). The predicted octanol–water partition coefficient (Wildman–Crippen LogP) is 2.38. The topological polar surface area (TPSA) is 72.0 Å². The molecule has 6 nitrogen and oxygen atoms in total. The molecular formula is C16H21N5O. The maximum atomic E-state index is 5.60. The molecule has 22 heavy (non-hydrogen) atoms. The summed E-state index contributed by atoms with van der Waals surface area (Å²) < 4.78 is 5.60. The fourth-order valence-electron chi connectivity index (χ4n) is 2.43. The van der Waals surface area contributed by atoms with Gasteiger partial charge >= 0.3 is 0 Å². The molecule has 0 aromatic carbocycles. The van der Waals surface area contributed by atoms with Crippen molar-refractivity contribution in [2.24, 2.45) is 0 Å². The second-order valence-electron chi connectivity index (χ2n) is 5.41. The van der Waals surface area contributed by atoms with Gasteiger partial charge in [0.15, 0.2) is 0 Å². The maximum Gasteiger partial charge on any atom is 0.224 e. The summed E-state index contributed by atoms with van der Waals surface area (Å²) in [4.78, 5) is 13.2. The maximum absolute atomic E-state index is 5.60. The first-order valence-electron chi connectivity index (χ1n) is 7.64. The minimum Gasteiger partial charge on any atom is -0.376 e. The van der Waals surface area contributed by atoms with E-state index < -0.39 is 0 Å². The van der Waals surface area contributed by atoms with E-state index >= 15 is 0 Å². The summed E-state index contributed by atoms with van der Waals surface area (Å²) in [5.74, 6) is 1.44. The molecule has 0 bridgehead atoms. The van der Waals surface area contributed by atoms with Crippen LogP contribution in [-0.2, 0) is 11.3 Å². The second-order valence-corrected chi connectivity index (χ2v) is 5.41. The monoisotopic (exact) mass is 299 g/mol. The van der Waals surface area contributed by atoms with Crippen LogP contribution >= 0.6 is 0 Å². The molecule has 0 aliphatic carbocycles. The molecule has 3 rings (SSSR count). The zero-order valence-electron chi connectivity index (χ0n) is 12.7. The van der Waals surface area contributed by atoms with Crippen molar-refractivity contribution in [2.75, 3.05) is 23.8 Å². The summed E-state index contributed by atoms with van der Waals surface area (Å²) in [7, 11) is 0. The first-order chi connectivity index (χ1) is 10.8.